The minimum absolute atomic E-state index is 0.103. The molecule has 0 aliphatic carbocycles. The predicted octanol–water partition coefficient (Wildman–Crippen LogP) is 0.844. The number of H-pyrrole nitrogens is 1. The molecule has 1 N–H and O–H groups in total. The summed E-state index contributed by atoms with van der Waals surface area (Å²) in [6, 6.07) is 0. The molecule has 0 fully saturated rings. The van der Waals surface area contributed by atoms with E-state index in [1.54, 1.807) is 18.7 Å². The Morgan fingerprint density at radius 1 is 1.69 bits per heavy atom. The second-order valence-corrected chi connectivity index (χ2v) is 3.13. The Balaban J connectivity index is 2.62. The Hall–Kier alpha value is -1.04. The van der Waals surface area contributed by atoms with Crippen molar-refractivity contribution in [2.24, 2.45) is 0 Å². The van der Waals surface area contributed by atoms with E-state index in [4.69, 9.17) is 4.74 Å². The van der Waals surface area contributed by atoms with Gasteiger partial charge in [0.25, 0.3) is 5.82 Å². The maximum absolute atomic E-state index is 11.1. The number of ether oxygens (including phenoxy) is 1. The molecular formula is C7H11N3O2S. The molecule has 0 bridgehead atoms. The van der Waals surface area contributed by atoms with Crippen molar-refractivity contribution in [1.29, 1.82) is 0 Å². The molecule has 0 spiro atoms. The van der Waals surface area contributed by atoms with Gasteiger partial charge in [0.15, 0.2) is 0 Å². The summed E-state index contributed by atoms with van der Waals surface area (Å²) in [4.78, 5) is 15.0. The summed E-state index contributed by atoms with van der Waals surface area (Å²) in [7, 11) is 0. The van der Waals surface area contributed by atoms with Gasteiger partial charge in [-0.05, 0) is 13.2 Å². The van der Waals surface area contributed by atoms with Gasteiger partial charge in [0.2, 0.25) is 0 Å². The lowest BCUT2D eigenvalue weighted by atomic mass is 10.6. The van der Waals surface area contributed by atoms with Crippen LogP contribution in [-0.2, 0) is 10.5 Å². The van der Waals surface area contributed by atoms with Crippen LogP contribution in [-0.4, -0.2) is 34.0 Å². The minimum atomic E-state index is -0.480. The lowest BCUT2D eigenvalue weighted by Crippen LogP contribution is -2.06. The second kappa shape index (κ2) is 4.86. The van der Waals surface area contributed by atoms with Crippen molar-refractivity contribution < 1.29 is 9.53 Å². The van der Waals surface area contributed by atoms with E-state index in [-0.39, 0.29) is 5.82 Å². The summed E-state index contributed by atoms with van der Waals surface area (Å²) in [5.74, 6) is 1.03. The molecule has 0 radical (unpaired) electrons. The summed E-state index contributed by atoms with van der Waals surface area (Å²) in [6.45, 7) is 2.08. The van der Waals surface area contributed by atoms with Crippen LogP contribution < -0.4 is 0 Å². The van der Waals surface area contributed by atoms with Gasteiger partial charge in [-0.25, -0.2) is 9.78 Å². The van der Waals surface area contributed by atoms with E-state index in [9.17, 15) is 4.79 Å². The molecule has 0 aliphatic heterocycles. The molecule has 1 aromatic rings. The average molecular weight is 201 g/mol. The summed E-state index contributed by atoms with van der Waals surface area (Å²) in [5.41, 5.74) is 0. The Bertz CT molecular complexity index is 287. The Morgan fingerprint density at radius 2 is 2.46 bits per heavy atom. The molecule has 0 saturated carbocycles. The van der Waals surface area contributed by atoms with Crippen molar-refractivity contribution in [3.05, 3.63) is 11.6 Å². The monoisotopic (exact) mass is 201 g/mol. The first-order chi connectivity index (χ1) is 6.27. The fraction of sp³-hybridized carbons (Fsp3) is 0.571. The highest BCUT2D eigenvalue weighted by Crippen LogP contribution is 2.03. The van der Waals surface area contributed by atoms with Gasteiger partial charge in [-0.2, -0.15) is 11.8 Å². The highest BCUT2D eigenvalue weighted by molar-refractivity contribution is 7.97. The summed E-state index contributed by atoms with van der Waals surface area (Å²) in [5, 5.41) is 6.39. The van der Waals surface area contributed by atoms with E-state index in [1.165, 1.54) is 0 Å². The largest absolute Gasteiger partial charge is 0.460 e. The molecule has 0 unspecified atom stereocenters. The first kappa shape index (κ1) is 10.0. The van der Waals surface area contributed by atoms with Crippen LogP contribution in [0, 0.1) is 0 Å². The van der Waals surface area contributed by atoms with Gasteiger partial charge in [-0.3, -0.25) is 5.10 Å². The van der Waals surface area contributed by atoms with Gasteiger partial charge < -0.3 is 4.74 Å². The molecule has 0 aromatic carbocycles. The lowest BCUT2D eigenvalue weighted by molar-refractivity contribution is 0.0512. The Morgan fingerprint density at radius 3 is 3.08 bits per heavy atom. The molecule has 1 heterocycles. The molecule has 5 nitrogen and oxygen atoms in total. The van der Waals surface area contributed by atoms with Crippen LogP contribution >= 0.6 is 11.8 Å². The number of hydrogen-bond acceptors (Lipinski definition) is 5. The maximum Gasteiger partial charge on any atom is 0.378 e. The Kier molecular flexibility index (Phi) is 3.75. The highest BCUT2D eigenvalue weighted by Gasteiger charge is 2.12. The van der Waals surface area contributed by atoms with E-state index in [0.29, 0.717) is 18.2 Å². The average Bonchev–Trinajstić information content (AvgIpc) is 2.54. The quantitative estimate of drug-likeness (QED) is 0.731. The van der Waals surface area contributed by atoms with Crippen molar-refractivity contribution in [3.63, 3.8) is 0 Å². The van der Waals surface area contributed by atoms with Gasteiger partial charge in [-0.15, -0.1) is 5.10 Å². The molecule has 72 valence electrons. The molecule has 1 rings (SSSR count). The third-order valence-corrected chi connectivity index (χ3v) is 1.83. The molecule has 6 heteroatoms. The van der Waals surface area contributed by atoms with Crippen molar-refractivity contribution in [1.82, 2.24) is 15.2 Å². The summed E-state index contributed by atoms with van der Waals surface area (Å²) >= 11 is 1.61. The standard InChI is InChI=1S/C7H11N3O2S/c1-3-12-7(11)6-8-5(4-13-2)9-10-6/h3-4H2,1-2H3,(H,8,9,10). The van der Waals surface area contributed by atoms with E-state index in [0.717, 1.165) is 0 Å². The van der Waals surface area contributed by atoms with Gasteiger partial charge in [0, 0.05) is 0 Å². The molecule has 0 aliphatic rings. The van der Waals surface area contributed by atoms with Gasteiger partial charge >= 0.3 is 5.97 Å². The SMILES string of the molecule is CCOC(=O)c1n[nH]c(CSC)n1. The number of nitrogens with one attached hydrogen (secondary N) is 1. The van der Waals surface area contributed by atoms with Crippen LogP contribution in [0.5, 0.6) is 0 Å². The van der Waals surface area contributed by atoms with Crippen LogP contribution in [0.4, 0.5) is 0 Å². The zero-order chi connectivity index (χ0) is 9.68. The minimum Gasteiger partial charge on any atom is -0.460 e. The van der Waals surface area contributed by atoms with Crippen molar-refractivity contribution in [2.45, 2.75) is 12.7 Å². The number of hydrogen-bond donors (Lipinski definition) is 1. The maximum atomic E-state index is 11.1. The van der Waals surface area contributed by atoms with E-state index >= 15 is 0 Å². The van der Waals surface area contributed by atoms with Crippen LogP contribution in [0.25, 0.3) is 0 Å². The fourth-order valence-electron chi connectivity index (χ4n) is 0.784. The van der Waals surface area contributed by atoms with Crippen LogP contribution in [0.3, 0.4) is 0 Å². The number of nitrogens with zero attached hydrogens (tertiary/aromatic N) is 2. The molecular weight excluding hydrogens is 190 g/mol. The zero-order valence-electron chi connectivity index (χ0n) is 7.53. The predicted molar refractivity (Wildman–Crippen MR) is 49.6 cm³/mol. The fourth-order valence-corrected chi connectivity index (χ4v) is 1.19. The third-order valence-electron chi connectivity index (χ3n) is 1.27. The Labute approximate surface area is 80.3 Å². The van der Waals surface area contributed by atoms with Crippen LogP contribution in [0.1, 0.15) is 23.4 Å². The second-order valence-electron chi connectivity index (χ2n) is 2.26. The first-order valence-corrected chi connectivity index (χ1v) is 5.24. The summed E-state index contributed by atoms with van der Waals surface area (Å²) < 4.78 is 4.73. The van der Waals surface area contributed by atoms with Crippen molar-refractivity contribution >= 4 is 17.7 Å². The molecule has 0 atom stereocenters. The number of thioether (sulfide) groups is 1. The highest BCUT2D eigenvalue weighted by atomic mass is 32.2. The first-order valence-electron chi connectivity index (χ1n) is 3.85. The molecule has 1 aromatic heterocycles. The normalized spacial score (nSPS) is 10.0. The topological polar surface area (TPSA) is 67.9 Å². The van der Waals surface area contributed by atoms with Gasteiger partial charge in [-0.1, -0.05) is 0 Å². The van der Waals surface area contributed by atoms with E-state index in [1.807, 2.05) is 6.26 Å². The molecule has 0 saturated heterocycles. The molecule has 13 heavy (non-hydrogen) atoms. The van der Waals surface area contributed by atoms with Crippen molar-refractivity contribution in [3.8, 4) is 0 Å². The van der Waals surface area contributed by atoms with E-state index < -0.39 is 5.97 Å². The number of carbonyl (C=O) groups excluding carboxylic acids is 1. The number of aromatic amines is 1. The number of aromatic nitrogens is 3. The van der Waals surface area contributed by atoms with Gasteiger partial charge in [0.05, 0.1) is 12.4 Å². The smallest absolute Gasteiger partial charge is 0.378 e. The number of esters is 1. The van der Waals surface area contributed by atoms with Crippen LogP contribution in [0.2, 0.25) is 0 Å². The van der Waals surface area contributed by atoms with E-state index in [2.05, 4.69) is 15.2 Å². The zero-order valence-corrected chi connectivity index (χ0v) is 8.35. The van der Waals surface area contributed by atoms with Gasteiger partial charge in [0.1, 0.15) is 5.82 Å². The lowest BCUT2D eigenvalue weighted by Gasteiger charge is -1.94. The third kappa shape index (κ3) is 2.73. The molecule has 0 amide bonds. The van der Waals surface area contributed by atoms with Crippen molar-refractivity contribution in [2.75, 3.05) is 12.9 Å². The summed E-state index contributed by atoms with van der Waals surface area (Å²) in [6.07, 6.45) is 1.95. The van der Waals surface area contributed by atoms with Crippen LogP contribution in [0.15, 0.2) is 0 Å². The number of rotatable bonds is 4. The number of carbonyl (C=O) groups is 1.